The van der Waals surface area contributed by atoms with Crippen LogP contribution in [-0.4, -0.2) is 49.9 Å². The number of rotatable bonds is 3. The van der Waals surface area contributed by atoms with Crippen molar-refractivity contribution in [3.63, 3.8) is 0 Å². The Morgan fingerprint density at radius 2 is 2.09 bits per heavy atom. The van der Waals surface area contributed by atoms with Crippen molar-refractivity contribution in [1.29, 1.82) is 5.26 Å². The van der Waals surface area contributed by atoms with E-state index in [2.05, 4.69) is 19.9 Å². The van der Waals surface area contributed by atoms with Gasteiger partial charge in [0.05, 0.1) is 12.7 Å². The van der Waals surface area contributed by atoms with Crippen molar-refractivity contribution in [3.8, 4) is 11.9 Å². The summed E-state index contributed by atoms with van der Waals surface area (Å²) in [6, 6.07) is 1.95. The Bertz CT molecular complexity index is 730. The third kappa shape index (κ3) is 3.40. The zero-order chi connectivity index (χ0) is 16.1. The Balaban J connectivity index is 1.69. The van der Waals surface area contributed by atoms with E-state index in [9.17, 15) is 4.79 Å². The van der Waals surface area contributed by atoms with Crippen LogP contribution < -0.4 is 4.74 Å². The highest BCUT2D eigenvalue weighted by atomic mass is 16.5. The van der Waals surface area contributed by atoms with Gasteiger partial charge in [-0.25, -0.2) is 15.0 Å². The van der Waals surface area contributed by atoms with E-state index in [1.165, 1.54) is 31.0 Å². The molecule has 1 atom stereocenters. The Hall–Kier alpha value is -3.08. The van der Waals surface area contributed by atoms with Gasteiger partial charge in [0.25, 0.3) is 11.8 Å². The summed E-state index contributed by atoms with van der Waals surface area (Å²) >= 11 is 0. The number of hydrogen-bond donors (Lipinski definition) is 0. The zero-order valence-electron chi connectivity index (χ0n) is 12.3. The molecule has 1 amide bonds. The summed E-state index contributed by atoms with van der Waals surface area (Å²) in [6.45, 7) is 1.05. The average Bonchev–Trinajstić information content (AvgIpc) is 2.62. The second-order valence-corrected chi connectivity index (χ2v) is 5.05. The minimum Gasteiger partial charge on any atom is -0.470 e. The van der Waals surface area contributed by atoms with Gasteiger partial charge >= 0.3 is 0 Å². The summed E-state index contributed by atoms with van der Waals surface area (Å²) in [6.07, 6.45) is 8.74. The maximum Gasteiger partial charge on any atom is 0.274 e. The predicted octanol–water partition coefficient (Wildman–Crippen LogP) is 0.822. The monoisotopic (exact) mass is 310 g/mol. The topological polar surface area (TPSA) is 105 Å². The van der Waals surface area contributed by atoms with Crippen molar-refractivity contribution in [2.24, 2.45) is 0 Å². The molecular formula is C15H14N6O2. The summed E-state index contributed by atoms with van der Waals surface area (Å²) < 4.78 is 5.77. The second kappa shape index (κ2) is 6.79. The molecule has 1 saturated heterocycles. The molecule has 8 heteroatoms. The number of aromatic nitrogens is 4. The second-order valence-electron chi connectivity index (χ2n) is 5.05. The molecule has 2 aromatic rings. The Kier molecular flexibility index (Phi) is 4.38. The number of hydrogen-bond acceptors (Lipinski definition) is 7. The van der Waals surface area contributed by atoms with Crippen LogP contribution in [-0.2, 0) is 0 Å². The number of nitrogens with zero attached hydrogens (tertiary/aromatic N) is 6. The highest BCUT2D eigenvalue weighted by molar-refractivity contribution is 5.92. The van der Waals surface area contributed by atoms with Crippen LogP contribution in [0.4, 0.5) is 0 Å². The Morgan fingerprint density at radius 1 is 1.26 bits per heavy atom. The third-order valence-electron chi connectivity index (χ3n) is 3.50. The van der Waals surface area contributed by atoms with E-state index in [0.29, 0.717) is 18.8 Å². The van der Waals surface area contributed by atoms with Crippen LogP contribution in [0.5, 0.6) is 5.88 Å². The number of ether oxygens (including phenoxy) is 1. The van der Waals surface area contributed by atoms with Crippen LogP contribution >= 0.6 is 0 Å². The van der Waals surface area contributed by atoms with Crippen LogP contribution in [0.1, 0.15) is 29.0 Å². The number of carbonyl (C=O) groups is 1. The van der Waals surface area contributed by atoms with Crippen molar-refractivity contribution in [2.75, 3.05) is 13.1 Å². The first kappa shape index (κ1) is 14.8. The van der Waals surface area contributed by atoms with Gasteiger partial charge in [-0.2, -0.15) is 5.26 Å². The Labute approximate surface area is 132 Å². The summed E-state index contributed by atoms with van der Waals surface area (Å²) in [5, 5.41) is 9.02. The highest BCUT2D eigenvalue weighted by Gasteiger charge is 2.27. The molecule has 0 saturated carbocycles. The number of piperidine rings is 1. The fourth-order valence-corrected chi connectivity index (χ4v) is 2.44. The van der Waals surface area contributed by atoms with E-state index >= 15 is 0 Å². The minimum atomic E-state index is -0.229. The van der Waals surface area contributed by atoms with Crippen LogP contribution in [0.3, 0.4) is 0 Å². The van der Waals surface area contributed by atoms with E-state index in [1.807, 2.05) is 6.07 Å². The van der Waals surface area contributed by atoms with E-state index in [-0.39, 0.29) is 23.6 Å². The molecule has 1 unspecified atom stereocenters. The predicted molar refractivity (Wildman–Crippen MR) is 78.3 cm³/mol. The van der Waals surface area contributed by atoms with E-state index in [0.717, 1.165) is 12.8 Å². The lowest BCUT2D eigenvalue weighted by molar-refractivity contribution is 0.0520. The van der Waals surface area contributed by atoms with Crippen LogP contribution in [0.2, 0.25) is 0 Å². The summed E-state index contributed by atoms with van der Waals surface area (Å²) in [5.74, 6) is 0.0276. The fraction of sp³-hybridized carbons (Fsp3) is 0.333. The minimum absolute atomic E-state index is 0.143. The van der Waals surface area contributed by atoms with E-state index < -0.39 is 0 Å². The molecule has 8 nitrogen and oxygen atoms in total. The maximum absolute atomic E-state index is 12.4. The largest absolute Gasteiger partial charge is 0.470 e. The van der Waals surface area contributed by atoms with Crippen molar-refractivity contribution in [1.82, 2.24) is 24.8 Å². The molecule has 0 N–H and O–H groups in total. The number of amides is 1. The number of carbonyl (C=O) groups excluding carboxylic acids is 1. The third-order valence-corrected chi connectivity index (χ3v) is 3.50. The summed E-state index contributed by atoms with van der Waals surface area (Å²) in [4.78, 5) is 30.0. The summed E-state index contributed by atoms with van der Waals surface area (Å²) in [5.41, 5.74) is 0.454. The molecule has 0 spiro atoms. The lowest BCUT2D eigenvalue weighted by Crippen LogP contribution is -2.44. The molecule has 23 heavy (non-hydrogen) atoms. The zero-order valence-corrected chi connectivity index (χ0v) is 12.3. The smallest absolute Gasteiger partial charge is 0.274 e. The molecule has 3 rings (SSSR count). The first-order valence-electron chi connectivity index (χ1n) is 7.21. The number of likely N-dealkylation sites (tertiary alicyclic amines) is 1. The van der Waals surface area contributed by atoms with E-state index in [1.54, 1.807) is 4.90 Å². The molecule has 3 heterocycles. The molecule has 116 valence electrons. The van der Waals surface area contributed by atoms with Gasteiger partial charge in [-0.1, -0.05) is 0 Å². The van der Waals surface area contributed by atoms with Gasteiger partial charge in [0.1, 0.15) is 17.9 Å². The lowest BCUT2D eigenvalue weighted by Gasteiger charge is -2.32. The van der Waals surface area contributed by atoms with Crippen LogP contribution in [0.25, 0.3) is 0 Å². The SMILES string of the molecule is N#Cc1nccnc1OC1CCCN(C(=O)c2cnccn2)C1. The first-order chi connectivity index (χ1) is 11.3. The van der Waals surface area contributed by atoms with Gasteiger partial charge in [0.15, 0.2) is 0 Å². The van der Waals surface area contributed by atoms with Gasteiger partial charge in [0.2, 0.25) is 5.69 Å². The normalized spacial score (nSPS) is 17.3. The highest BCUT2D eigenvalue weighted by Crippen LogP contribution is 2.19. The van der Waals surface area contributed by atoms with Crippen molar-refractivity contribution in [2.45, 2.75) is 18.9 Å². The molecule has 1 aliphatic rings. The van der Waals surface area contributed by atoms with Gasteiger partial charge < -0.3 is 9.64 Å². The van der Waals surface area contributed by atoms with E-state index in [4.69, 9.17) is 10.00 Å². The summed E-state index contributed by atoms with van der Waals surface area (Å²) in [7, 11) is 0. The van der Waals surface area contributed by atoms with Gasteiger partial charge in [0, 0.05) is 31.3 Å². The van der Waals surface area contributed by atoms with Crippen molar-refractivity contribution in [3.05, 3.63) is 42.4 Å². The average molecular weight is 310 g/mol. The first-order valence-corrected chi connectivity index (χ1v) is 7.21. The lowest BCUT2D eigenvalue weighted by atomic mass is 10.1. The molecule has 2 aromatic heterocycles. The standard InChI is InChI=1S/C15H14N6O2/c16-8-12-14(20-6-5-18-12)23-11-2-1-7-21(10-11)15(22)13-9-17-3-4-19-13/h3-6,9,11H,1-2,7,10H2. The molecular weight excluding hydrogens is 296 g/mol. The fourth-order valence-electron chi connectivity index (χ4n) is 2.44. The molecule has 1 fully saturated rings. The maximum atomic E-state index is 12.4. The molecule has 1 aliphatic heterocycles. The molecule has 0 aromatic carbocycles. The molecule has 0 aliphatic carbocycles. The molecule has 0 bridgehead atoms. The quantitative estimate of drug-likeness (QED) is 0.826. The Morgan fingerprint density at radius 3 is 2.87 bits per heavy atom. The van der Waals surface area contributed by atoms with Gasteiger partial charge in [-0.15, -0.1) is 0 Å². The van der Waals surface area contributed by atoms with Crippen LogP contribution in [0, 0.1) is 11.3 Å². The van der Waals surface area contributed by atoms with Crippen LogP contribution in [0.15, 0.2) is 31.0 Å². The molecule has 0 radical (unpaired) electrons. The number of nitriles is 1. The van der Waals surface area contributed by atoms with Crippen molar-refractivity contribution >= 4 is 5.91 Å². The van der Waals surface area contributed by atoms with Crippen molar-refractivity contribution < 1.29 is 9.53 Å². The van der Waals surface area contributed by atoms with Gasteiger partial charge in [-0.05, 0) is 12.8 Å². The van der Waals surface area contributed by atoms with Gasteiger partial charge in [-0.3, -0.25) is 9.78 Å².